The first-order valence-electron chi connectivity index (χ1n) is 10.4. The number of ether oxygens (including phenoxy) is 1. The van der Waals surface area contributed by atoms with Crippen LogP contribution in [0.2, 0.25) is 0 Å². The first kappa shape index (κ1) is 20.6. The molecule has 1 atom stereocenters. The minimum absolute atomic E-state index is 0.0255. The number of piperidine rings is 1. The standard InChI is InChI=1S/C22H33N3O3/c1-15(2)20(24-21(26)17-6-8-19(28-3)9-7-17)22(27)25-12-10-18(11-13-25)23-14-16-4-5-16/h6-9,15-16,18,20,23H,4-5,10-14H2,1-3H3,(H,24,26). The summed E-state index contributed by atoms with van der Waals surface area (Å²) in [5.41, 5.74) is 0.530. The summed E-state index contributed by atoms with van der Waals surface area (Å²) in [6, 6.07) is 6.93. The Morgan fingerprint density at radius 1 is 1.11 bits per heavy atom. The van der Waals surface area contributed by atoms with Crippen LogP contribution >= 0.6 is 0 Å². The molecule has 1 saturated heterocycles. The average Bonchev–Trinajstić information content (AvgIpc) is 3.54. The monoisotopic (exact) mass is 387 g/mol. The molecule has 6 nitrogen and oxygen atoms in total. The van der Waals surface area contributed by atoms with Crippen molar-refractivity contribution in [3.8, 4) is 5.75 Å². The molecule has 0 spiro atoms. The van der Waals surface area contributed by atoms with Gasteiger partial charge in [-0.15, -0.1) is 0 Å². The van der Waals surface area contributed by atoms with Crippen LogP contribution in [0.4, 0.5) is 0 Å². The largest absolute Gasteiger partial charge is 0.497 e. The molecule has 1 heterocycles. The Morgan fingerprint density at radius 3 is 2.29 bits per heavy atom. The number of hydrogen-bond acceptors (Lipinski definition) is 4. The van der Waals surface area contributed by atoms with Gasteiger partial charge in [0.25, 0.3) is 5.91 Å². The van der Waals surface area contributed by atoms with Crippen LogP contribution in [0.25, 0.3) is 0 Å². The van der Waals surface area contributed by atoms with Crippen molar-refractivity contribution in [2.24, 2.45) is 11.8 Å². The maximum atomic E-state index is 13.1. The fourth-order valence-electron chi connectivity index (χ4n) is 3.64. The van der Waals surface area contributed by atoms with Crippen LogP contribution in [0.1, 0.15) is 49.9 Å². The van der Waals surface area contributed by atoms with E-state index in [1.165, 1.54) is 12.8 Å². The second-order valence-corrected chi connectivity index (χ2v) is 8.37. The summed E-state index contributed by atoms with van der Waals surface area (Å²) < 4.78 is 5.13. The SMILES string of the molecule is COc1ccc(C(=O)NC(C(=O)N2CCC(NCC3CC3)CC2)C(C)C)cc1. The minimum Gasteiger partial charge on any atom is -0.497 e. The first-order chi connectivity index (χ1) is 13.5. The van der Waals surface area contributed by atoms with E-state index in [4.69, 9.17) is 4.74 Å². The first-order valence-corrected chi connectivity index (χ1v) is 10.4. The Hall–Kier alpha value is -2.08. The summed E-state index contributed by atoms with van der Waals surface area (Å²) in [5.74, 6) is 1.40. The highest BCUT2D eigenvalue weighted by atomic mass is 16.5. The van der Waals surface area contributed by atoms with Crippen LogP contribution in [0, 0.1) is 11.8 Å². The molecule has 28 heavy (non-hydrogen) atoms. The van der Waals surface area contributed by atoms with Gasteiger partial charge in [0, 0.05) is 24.7 Å². The third-order valence-corrected chi connectivity index (χ3v) is 5.77. The molecule has 0 bridgehead atoms. The van der Waals surface area contributed by atoms with Gasteiger partial charge in [0.15, 0.2) is 0 Å². The fourth-order valence-corrected chi connectivity index (χ4v) is 3.64. The van der Waals surface area contributed by atoms with E-state index in [1.807, 2.05) is 18.7 Å². The third-order valence-electron chi connectivity index (χ3n) is 5.77. The Bertz CT molecular complexity index is 662. The molecule has 1 aliphatic carbocycles. The highest BCUT2D eigenvalue weighted by Gasteiger charge is 2.32. The molecule has 2 aliphatic rings. The molecule has 1 unspecified atom stereocenters. The summed E-state index contributed by atoms with van der Waals surface area (Å²) in [7, 11) is 1.59. The number of rotatable bonds is 8. The quantitative estimate of drug-likeness (QED) is 0.719. The van der Waals surface area contributed by atoms with Crippen LogP contribution < -0.4 is 15.4 Å². The van der Waals surface area contributed by atoms with Crippen LogP contribution in [0.5, 0.6) is 5.75 Å². The van der Waals surface area contributed by atoms with Gasteiger partial charge in [-0.05, 0) is 68.3 Å². The van der Waals surface area contributed by atoms with E-state index in [1.54, 1.807) is 31.4 Å². The predicted molar refractivity (Wildman–Crippen MR) is 109 cm³/mol. The molecular weight excluding hydrogens is 354 g/mol. The second-order valence-electron chi connectivity index (χ2n) is 8.37. The molecular formula is C22H33N3O3. The lowest BCUT2D eigenvalue weighted by atomic mass is 9.99. The van der Waals surface area contributed by atoms with Crippen molar-refractivity contribution < 1.29 is 14.3 Å². The van der Waals surface area contributed by atoms with Gasteiger partial charge in [0.05, 0.1) is 7.11 Å². The van der Waals surface area contributed by atoms with E-state index in [2.05, 4.69) is 10.6 Å². The molecule has 2 fully saturated rings. The second kappa shape index (κ2) is 9.41. The lowest BCUT2D eigenvalue weighted by Gasteiger charge is -2.35. The molecule has 2 amide bonds. The third kappa shape index (κ3) is 5.47. The summed E-state index contributed by atoms with van der Waals surface area (Å²) >= 11 is 0. The molecule has 1 saturated carbocycles. The van der Waals surface area contributed by atoms with Gasteiger partial charge < -0.3 is 20.3 Å². The number of hydrogen-bond donors (Lipinski definition) is 2. The van der Waals surface area contributed by atoms with Crippen molar-refractivity contribution in [1.82, 2.24) is 15.5 Å². The number of carbonyl (C=O) groups is 2. The van der Waals surface area contributed by atoms with Crippen molar-refractivity contribution in [3.63, 3.8) is 0 Å². The Morgan fingerprint density at radius 2 is 1.75 bits per heavy atom. The van der Waals surface area contributed by atoms with Gasteiger partial charge in [-0.3, -0.25) is 9.59 Å². The summed E-state index contributed by atoms with van der Waals surface area (Å²) in [5, 5.41) is 6.58. The highest BCUT2D eigenvalue weighted by molar-refractivity contribution is 5.97. The molecule has 154 valence electrons. The Balaban J connectivity index is 1.53. The normalized spacial score (nSPS) is 18.8. The van der Waals surface area contributed by atoms with E-state index in [-0.39, 0.29) is 17.7 Å². The zero-order valence-corrected chi connectivity index (χ0v) is 17.2. The minimum atomic E-state index is -0.509. The van der Waals surface area contributed by atoms with E-state index >= 15 is 0 Å². The summed E-state index contributed by atoms with van der Waals surface area (Å²) in [6.07, 6.45) is 4.67. The molecule has 1 aromatic rings. The molecule has 0 aromatic heterocycles. The number of nitrogens with zero attached hydrogens (tertiary/aromatic N) is 1. The molecule has 1 aromatic carbocycles. The van der Waals surface area contributed by atoms with E-state index < -0.39 is 6.04 Å². The van der Waals surface area contributed by atoms with Gasteiger partial charge >= 0.3 is 0 Å². The molecule has 1 aliphatic heterocycles. The van der Waals surface area contributed by atoms with Crippen LogP contribution in [0.15, 0.2) is 24.3 Å². The van der Waals surface area contributed by atoms with Crippen LogP contribution in [0.3, 0.4) is 0 Å². The van der Waals surface area contributed by atoms with E-state index in [9.17, 15) is 9.59 Å². The summed E-state index contributed by atoms with van der Waals surface area (Å²) in [6.45, 7) is 6.57. The van der Waals surface area contributed by atoms with Crippen molar-refractivity contribution >= 4 is 11.8 Å². The number of carbonyl (C=O) groups excluding carboxylic acids is 2. The number of likely N-dealkylation sites (tertiary alicyclic amines) is 1. The van der Waals surface area contributed by atoms with Gasteiger partial charge in [0.2, 0.25) is 5.91 Å². The van der Waals surface area contributed by atoms with Crippen molar-refractivity contribution in [1.29, 1.82) is 0 Å². The fraction of sp³-hybridized carbons (Fsp3) is 0.636. The summed E-state index contributed by atoms with van der Waals surface area (Å²) in [4.78, 5) is 27.6. The van der Waals surface area contributed by atoms with Crippen molar-refractivity contribution in [2.45, 2.75) is 51.6 Å². The smallest absolute Gasteiger partial charge is 0.251 e. The van der Waals surface area contributed by atoms with E-state index in [0.717, 1.165) is 38.4 Å². The van der Waals surface area contributed by atoms with Gasteiger partial charge in [0.1, 0.15) is 11.8 Å². The predicted octanol–water partition coefficient (Wildman–Crippen LogP) is 2.44. The van der Waals surface area contributed by atoms with Crippen LogP contribution in [-0.4, -0.2) is 55.5 Å². The molecule has 0 radical (unpaired) electrons. The maximum Gasteiger partial charge on any atom is 0.251 e. The van der Waals surface area contributed by atoms with Crippen molar-refractivity contribution in [2.75, 3.05) is 26.7 Å². The lowest BCUT2D eigenvalue weighted by molar-refractivity contribution is -0.135. The highest BCUT2D eigenvalue weighted by Crippen LogP contribution is 2.28. The molecule has 3 rings (SSSR count). The average molecular weight is 388 g/mol. The van der Waals surface area contributed by atoms with Crippen LogP contribution in [-0.2, 0) is 4.79 Å². The molecule has 6 heteroatoms. The maximum absolute atomic E-state index is 13.1. The number of amides is 2. The van der Waals surface area contributed by atoms with Gasteiger partial charge in [-0.25, -0.2) is 0 Å². The van der Waals surface area contributed by atoms with E-state index in [0.29, 0.717) is 17.4 Å². The topological polar surface area (TPSA) is 70.7 Å². The number of benzene rings is 1. The van der Waals surface area contributed by atoms with Crippen molar-refractivity contribution in [3.05, 3.63) is 29.8 Å². The Kier molecular flexibility index (Phi) is 6.94. The molecule has 2 N–H and O–H groups in total. The Labute approximate surface area is 168 Å². The lowest BCUT2D eigenvalue weighted by Crippen LogP contribution is -2.54. The van der Waals surface area contributed by atoms with Gasteiger partial charge in [-0.1, -0.05) is 13.8 Å². The zero-order valence-electron chi connectivity index (χ0n) is 17.2. The zero-order chi connectivity index (χ0) is 20.1. The number of nitrogens with one attached hydrogen (secondary N) is 2. The van der Waals surface area contributed by atoms with Gasteiger partial charge in [-0.2, -0.15) is 0 Å². The number of methoxy groups -OCH3 is 1.